The summed E-state index contributed by atoms with van der Waals surface area (Å²) in [4.78, 5) is 23.4. The van der Waals surface area contributed by atoms with Crippen molar-refractivity contribution in [3.8, 4) is 11.1 Å². The summed E-state index contributed by atoms with van der Waals surface area (Å²) in [7, 11) is 0. The van der Waals surface area contributed by atoms with Crippen molar-refractivity contribution in [2.75, 3.05) is 11.9 Å². The van der Waals surface area contributed by atoms with Crippen molar-refractivity contribution in [1.82, 2.24) is 14.9 Å². The van der Waals surface area contributed by atoms with Crippen LogP contribution in [0.1, 0.15) is 38.7 Å². The molecule has 1 amide bonds. The van der Waals surface area contributed by atoms with E-state index in [1.807, 2.05) is 48.2 Å². The van der Waals surface area contributed by atoms with Crippen LogP contribution in [0.3, 0.4) is 0 Å². The average molecular weight is 439 g/mol. The number of fused-ring (bicyclic) bond motifs is 1. The van der Waals surface area contributed by atoms with Crippen LogP contribution in [0.4, 0.5) is 11.5 Å². The van der Waals surface area contributed by atoms with E-state index in [0.717, 1.165) is 58.5 Å². The number of para-hydroxylation sites is 1. The van der Waals surface area contributed by atoms with E-state index in [2.05, 4.69) is 58.6 Å². The van der Waals surface area contributed by atoms with Crippen LogP contribution in [0.2, 0.25) is 0 Å². The van der Waals surface area contributed by atoms with Gasteiger partial charge in [-0.3, -0.25) is 4.79 Å². The molecule has 0 aliphatic heterocycles. The molecular formula is C28H30N4O. The first-order valence-electron chi connectivity index (χ1n) is 11.6. The molecule has 5 nitrogen and oxygen atoms in total. The van der Waals surface area contributed by atoms with Gasteiger partial charge in [0.15, 0.2) is 0 Å². The van der Waals surface area contributed by atoms with Crippen LogP contribution in [0.15, 0.2) is 79.1 Å². The smallest absolute Gasteiger partial charge is 0.222 e. The molecule has 3 aromatic carbocycles. The predicted octanol–water partition coefficient (Wildman–Crippen LogP) is 6.58. The standard InChI is InChI=1S/C28H30N4O/c1-3-9-27(33)32(16-4-2)19-21-10-8-11-22(17-21)23-14-15-26-25(18-23)28(30-20-29-26)31-24-12-6-5-7-13-24/h5-8,10-15,17-18,20H,3-4,9,16,19H2,1-2H3,(H,29,30,31). The van der Waals surface area contributed by atoms with Crippen molar-refractivity contribution in [3.63, 3.8) is 0 Å². The molecule has 0 aliphatic rings. The zero-order valence-corrected chi connectivity index (χ0v) is 19.3. The second-order valence-corrected chi connectivity index (χ2v) is 8.21. The molecule has 0 saturated heterocycles. The van der Waals surface area contributed by atoms with Gasteiger partial charge in [-0.1, -0.05) is 56.3 Å². The Morgan fingerprint density at radius 2 is 1.70 bits per heavy atom. The summed E-state index contributed by atoms with van der Waals surface area (Å²) in [5.74, 6) is 1.01. The highest BCUT2D eigenvalue weighted by molar-refractivity contribution is 5.93. The third-order valence-electron chi connectivity index (χ3n) is 5.62. The molecule has 0 saturated carbocycles. The lowest BCUT2D eigenvalue weighted by molar-refractivity contribution is -0.131. The van der Waals surface area contributed by atoms with Gasteiger partial charge in [-0.2, -0.15) is 0 Å². The summed E-state index contributed by atoms with van der Waals surface area (Å²) >= 11 is 0. The van der Waals surface area contributed by atoms with E-state index in [9.17, 15) is 4.79 Å². The monoisotopic (exact) mass is 438 g/mol. The van der Waals surface area contributed by atoms with Crippen molar-refractivity contribution in [1.29, 1.82) is 0 Å². The average Bonchev–Trinajstić information content (AvgIpc) is 2.85. The van der Waals surface area contributed by atoms with Crippen molar-refractivity contribution >= 4 is 28.3 Å². The molecule has 0 spiro atoms. The quantitative estimate of drug-likeness (QED) is 0.321. The number of carbonyl (C=O) groups excluding carboxylic acids is 1. The highest BCUT2D eigenvalue weighted by atomic mass is 16.2. The minimum absolute atomic E-state index is 0.226. The number of rotatable bonds is 9. The van der Waals surface area contributed by atoms with Gasteiger partial charge >= 0.3 is 0 Å². The molecule has 4 rings (SSSR count). The molecule has 0 bridgehead atoms. The van der Waals surface area contributed by atoms with Crippen molar-refractivity contribution in [3.05, 3.63) is 84.7 Å². The van der Waals surface area contributed by atoms with Crippen molar-refractivity contribution in [2.45, 2.75) is 39.7 Å². The van der Waals surface area contributed by atoms with Crippen LogP contribution < -0.4 is 5.32 Å². The number of nitrogens with one attached hydrogen (secondary N) is 1. The van der Waals surface area contributed by atoms with E-state index in [0.29, 0.717) is 13.0 Å². The SMILES string of the molecule is CCCC(=O)N(CCC)Cc1cccc(-c2ccc3ncnc(Nc4ccccc4)c3c2)c1. The lowest BCUT2D eigenvalue weighted by Gasteiger charge is -2.22. The van der Waals surface area contributed by atoms with Crippen LogP contribution >= 0.6 is 0 Å². The first-order chi connectivity index (χ1) is 16.2. The van der Waals surface area contributed by atoms with Crippen LogP contribution in [0, 0.1) is 0 Å². The number of anilines is 2. The molecule has 0 fully saturated rings. The number of benzene rings is 3. The largest absolute Gasteiger partial charge is 0.340 e. The molecule has 0 unspecified atom stereocenters. The molecule has 4 aromatic rings. The van der Waals surface area contributed by atoms with Gasteiger partial charge in [0, 0.05) is 30.6 Å². The number of amides is 1. The maximum atomic E-state index is 12.5. The van der Waals surface area contributed by atoms with Crippen molar-refractivity contribution < 1.29 is 4.79 Å². The van der Waals surface area contributed by atoms with Crippen LogP contribution in [0.5, 0.6) is 0 Å². The third-order valence-corrected chi connectivity index (χ3v) is 5.62. The Bertz CT molecular complexity index is 1220. The van der Waals surface area contributed by atoms with Crippen LogP contribution in [-0.4, -0.2) is 27.3 Å². The molecule has 0 aliphatic carbocycles. The molecule has 1 heterocycles. The lowest BCUT2D eigenvalue weighted by atomic mass is 10.0. The summed E-state index contributed by atoms with van der Waals surface area (Å²) < 4.78 is 0. The van der Waals surface area contributed by atoms with Gasteiger partial charge in [0.2, 0.25) is 5.91 Å². The van der Waals surface area contributed by atoms with Gasteiger partial charge < -0.3 is 10.2 Å². The lowest BCUT2D eigenvalue weighted by Crippen LogP contribution is -2.30. The Morgan fingerprint density at radius 3 is 2.48 bits per heavy atom. The molecule has 1 aromatic heterocycles. The highest BCUT2D eigenvalue weighted by Crippen LogP contribution is 2.29. The molecule has 1 N–H and O–H groups in total. The Labute approximate surface area is 195 Å². The van der Waals surface area contributed by atoms with Gasteiger partial charge in [0.05, 0.1) is 5.52 Å². The van der Waals surface area contributed by atoms with Gasteiger partial charge in [-0.05, 0) is 59.9 Å². The number of nitrogens with zero attached hydrogens (tertiary/aromatic N) is 3. The minimum atomic E-state index is 0.226. The fourth-order valence-corrected chi connectivity index (χ4v) is 4.00. The minimum Gasteiger partial charge on any atom is -0.340 e. The zero-order chi connectivity index (χ0) is 23.0. The number of hydrogen-bond acceptors (Lipinski definition) is 4. The van der Waals surface area contributed by atoms with Crippen LogP contribution in [0.25, 0.3) is 22.0 Å². The van der Waals surface area contributed by atoms with E-state index in [1.54, 1.807) is 6.33 Å². The fourth-order valence-electron chi connectivity index (χ4n) is 4.00. The van der Waals surface area contributed by atoms with Gasteiger partial charge in [0.1, 0.15) is 12.1 Å². The van der Waals surface area contributed by atoms with Gasteiger partial charge in [-0.25, -0.2) is 9.97 Å². The topological polar surface area (TPSA) is 58.1 Å². The Morgan fingerprint density at radius 1 is 0.879 bits per heavy atom. The Balaban J connectivity index is 1.63. The van der Waals surface area contributed by atoms with E-state index in [-0.39, 0.29) is 5.91 Å². The first-order valence-corrected chi connectivity index (χ1v) is 11.6. The summed E-state index contributed by atoms with van der Waals surface area (Å²) in [5, 5.41) is 4.37. The number of carbonyl (C=O) groups is 1. The predicted molar refractivity (Wildman–Crippen MR) is 135 cm³/mol. The van der Waals surface area contributed by atoms with Gasteiger partial charge in [0.25, 0.3) is 0 Å². The fraction of sp³-hybridized carbons (Fsp3) is 0.250. The summed E-state index contributed by atoms with van der Waals surface area (Å²) in [6.07, 6.45) is 4.01. The number of aromatic nitrogens is 2. The molecule has 0 atom stereocenters. The maximum Gasteiger partial charge on any atom is 0.222 e. The van der Waals surface area contributed by atoms with E-state index >= 15 is 0 Å². The summed E-state index contributed by atoms with van der Waals surface area (Å²) in [6, 6.07) is 24.7. The van der Waals surface area contributed by atoms with Crippen molar-refractivity contribution in [2.24, 2.45) is 0 Å². The van der Waals surface area contributed by atoms with E-state index < -0.39 is 0 Å². The first kappa shape index (κ1) is 22.5. The Hall–Kier alpha value is -3.73. The number of hydrogen-bond donors (Lipinski definition) is 1. The third kappa shape index (κ3) is 5.55. The molecule has 168 valence electrons. The Kier molecular flexibility index (Phi) is 7.30. The van der Waals surface area contributed by atoms with Crippen LogP contribution in [-0.2, 0) is 11.3 Å². The zero-order valence-electron chi connectivity index (χ0n) is 19.3. The summed E-state index contributed by atoms with van der Waals surface area (Å²) in [5.41, 5.74) is 5.22. The molecule has 5 heteroatoms. The molecule has 0 radical (unpaired) electrons. The maximum absolute atomic E-state index is 12.5. The highest BCUT2D eigenvalue weighted by Gasteiger charge is 2.13. The van der Waals surface area contributed by atoms with E-state index in [1.165, 1.54) is 0 Å². The van der Waals surface area contributed by atoms with Gasteiger partial charge in [-0.15, -0.1) is 0 Å². The normalized spacial score (nSPS) is 10.8. The molecule has 33 heavy (non-hydrogen) atoms. The molecular weight excluding hydrogens is 408 g/mol. The van der Waals surface area contributed by atoms with E-state index in [4.69, 9.17) is 0 Å². The second kappa shape index (κ2) is 10.7. The summed E-state index contributed by atoms with van der Waals surface area (Å²) in [6.45, 7) is 5.58. The second-order valence-electron chi connectivity index (χ2n) is 8.21.